The van der Waals surface area contributed by atoms with Crippen LogP contribution in [0.1, 0.15) is 64.4 Å². The van der Waals surface area contributed by atoms with Crippen LogP contribution in [0.2, 0.25) is 0 Å². The van der Waals surface area contributed by atoms with E-state index in [1.807, 2.05) is 19.9 Å². The Morgan fingerprint density at radius 2 is 2.03 bits per heavy atom. The highest BCUT2D eigenvalue weighted by molar-refractivity contribution is 5.87. The van der Waals surface area contributed by atoms with Crippen LogP contribution in [-0.4, -0.2) is 60.4 Å². The monoisotopic (exact) mass is 468 g/mol. The maximum atomic E-state index is 13.6. The second-order valence-corrected chi connectivity index (χ2v) is 10.5. The highest BCUT2D eigenvalue weighted by atomic mass is 16.5. The van der Waals surface area contributed by atoms with Gasteiger partial charge in [0, 0.05) is 31.4 Å². The molecule has 1 atom stereocenters. The fourth-order valence-corrected chi connectivity index (χ4v) is 5.66. The molecular formula is C26H36N4O4. The van der Waals surface area contributed by atoms with Crippen molar-refractivity contribution >= 4 is 23.4 Å². The molecule has 2 N–H and O–H groups in total. The number of nitrogens with zero attached hydrogens (tertiary/aromatic N) is 3. The van der Waals surface area contributed by atoms with E-state index in [-0.39, 0.29) is 24.0 Å². The summed E-state index contributed by atoms with van der Waals surface area (Å²) in [5.41, 5.74) is 1.39. The molecule has 3 fully saturated rings. The Labute approximate surface area is 201 Å². The van der Waals surface area contributed by atoms with Crippen molar-refractivity contribution in [2.75, 3.05) is 36.5 Å². The lowest BCUT2D eigenvalue weighted by Crippen LogP contribution is -2.50. The average Bonchev–Trinajstić information content (AvgIpc) is 3.13. The first kappa shape index (κ1) is 24.3. The Kier molecular flexibility index (Phi) is 7.32. The fourth-order valence-electron chi connectivity index (χ4n) is 5.66. The summed E-state index contributed by atoms with van der Waals surface area (Å²) in [5.74, 6) is 0.483. The SMILES string of the molecule is CC(C)COC(=O)Nc1ccc(N2CCCC3(CCN(C4CCC(O)CC4)C3=O)C2)c(C#N)c1. The lowest BCUT2D eigenvalue weighted by atomic mass is 9.78. The van der Waals surface area contributed by atoms with E-state index in [1.165, 1.54) is 0 Å². The fraction of sp³-hybridized carbons (Fsp3) is 0.654. The van der Waals surface area contributed by atoms with Gasteiger partial charge in [0.2, 0.25) is 5.91 Å². The molecule has 0 bridgehead atoms. The van der Waals surface area contributed by atoms with E-state index < -0.39 is 11.5 Å². The number of rotatable bonds is 5. The molecule has 1 unspecified atom stereocenters. The van der Waals surface area contributed by atoms with Crippen molar-refractivity contribution in [2.45, 2.75) is 70.9 Å². The summed E-state index contributed by atoms with van der Waals surface area (Å²) in [6, 6.07) is 7.80. The van der Waals surface area contributed by atoms with E-state index in [4.69, 9.17) is 4.74 Å². The summed E-state index contributed by atoms with van der Waals surface area (Å²) in [6.07, 6.45) is 5.13. The molecule has 34 heavy (non-hydrogen) atoms. The number of likely N-dealkylation sites (tertiary alicyclic amines) is 1. The van der Waals surface area contributed by atoms with Gasteiger partial charge in [0.05, 0.1) is 29.4 Å². The molecule has 0 aromatic heterocycles. The number of carbonyl (C=O) groups is 2. The van der Waals surface area contributed by atoms with Crippen LogP contribution in [0.5, 0.6) is 0 Å². The van der Waals surface area contributed by atoms with Crippen LogP contribution in [0, 0.1) is 22.7 Å². The van der Waals surface area contributed by atoms with Gasteiger partial charge in [-0.05, 0) is 69.1 Å². The zero-order valence-electron chi connectivity index (χ0n) is 20.3. The second-order valence-electron chi connectivity index (χ2n) is 10.5. The van der Waals surface area contributed by atoms with Crippen LogP contribution in [0.4, 0.5) is 16.2 Å². The lowest BCUT2D eigenvalue weighted by molar-refractivity contribution is -0.139. The highest BCUT2D eigenvalue weighted by Gasteiger charge is 2.50. The normalized spacial score (nSPS) is 27.2. The molecule has 4 rings (SSSR count). The topological polar surface area (TPSA) is 106 Å². The van der Waals surface area contributed by atoms with Gasteiger partial charge in [-0.1, -0.05) is 13.8 Å². The average molecular weight is 469 g/mol. The second kappa shape index (κ2) is 10.2. The smallest absolute Gasteiger partial charge is 0.411 e. The zero-order valence-corrected chi connectivity index (χ0v) is 20.3. The third-order valence-corrected chi connectivity index (χ3v) is 7.48. The van der Waals surface area contributed by atoms with Crippen molar-refractivity contribution in [3.05, 3.63) is 23.8 Å². The van der Waals surface area contributed by atoms with Gasteiger partial charge in [0.1, 0.15) is 6.07 Å². The van der Waals surface area contributed by atoms with Gasteiger partial charge in [-0.25, -0.2) is 4.79 Å². The molecule has 1 saturated carbocycles. The molecule has 184 valence electrons. The standard InChI is InChI=1S/C26H36N4O4/c1-18(2)16-34-25(33)28-20-4-9-23(19(14-20)15-27)29-12-3-10-26(17-29)11-13-30(24(26)32)21-5-7-22(31)8-6-21/h4,9,14,18,21-22,31H,3,5-8,10-13,16-17H2,1-2H3,(H,28,33). The van der Waals surface area contributed by atoms with E-state index in [0.29, 0.717) is 24.4 Å². The van der Waals surface area contributed by atoms with Crippen molar-refractivity contribution in [1.82, 2.24) is 4.90 Å². The maximum absolute atomic E-state index is 13.6. The lowest BCUT2D eigenvalue weighted by Gasteiger charge is -2.41. The number of nitriles is 1. The van der Waals surface area contributed by atoms with E-state index in [0.717, 1.165) is 63.7 Å². The molecule has 2 heterocycles. The summed E-state index contributed by atoms with van der Waals surface area (Å²) in [5, 5.41) is 22.3. The van der Waals surface area contributed by atoms with Crippen molar-refractivity contribution < 1.29 is 19.4 Å². The summed E-state index contributed by atoms with van der Waals surface area (Å²) in [7, 11) is 0. The summed E-state index contributed by atoms with van der Waals surface area (Å²) in [6.45, 7) is 6.44. The molecule has 2 saturated heterocycles. The van der Waals surface area contributed by atoms with Crippen LogP contribution in [-0.2, 0) is 9.53 Å². The summed E-state index contributed by atoms with van der Waals surface area (Å²) in [4.78, 5) is 29.8. The van der Waals surface area contributed by atoms with Gasteiger partial charge in [0.15, 0.2) is 0 Å². The van der Waals surface area contributed by atoms with Crippen LogP contribution in [0.15, 0.2) is 18.2 Å². The van der Waals surface area contributed by atoms with E-state index in [1.54, 1.807) is 12.1 Å². The van der Waals surface area contributed by atoms with Gasteiger partial charge in [-0.15, -0.1) is 0 Å². The first-order valence-electron chi connectivity index (χ1n) is 12.5. The number of piperidine rings is 1. The first-order valence-corrected chi connectivity index (χ1v) is 12.5. The Hall–Kier alpha value is -2.79. The minimum Gasteiger partial charge on any atom is -0.449 e. The number of aliphatic hydroxyl groups is 1. The van der Waals surface area contributed by atoms with Gasteiger partial charge in [0.25, 0.3) is 0 Å². The van der Waals surface area contributed by atoms with Gasteiger partial charge in [-0.3, -0.25) is 10.1 Å². The Morgan fingerprint density at radius 3 is 2.74 bits per heavy atom. The third kappa shape index (κ3) is 5.15. The van der Waals surface area contributed by atoms with Crippen molar-refractivity contribution in [3.63, 3.8) is 0 Å². The quantitative estimate of drug-likeness (QED) is 0.679. The van der Waals surface area contributed by atoms with Crippen molar-refractivity contribution in [3.8, 4) is 6.07 Å². The van der Waals surface area contributed by atoms with E-state index in [9.17, 15) is 20.0 Å². The predicted molar refractivity (Wildman–Crippen MR) is 129 cm³/mol. The number of carbonyl (C=O) groups excluding carboxylic acids is 2. The van der Waals surface area contributed by atoms with Gasteiger partial charge in [-0.2, -0.15) is 5.26 Å². The van der Waals surface area contributed by atoms with Crippen molar-refractivity contribution in [2.24, 2.45) is 11.3 Å². The summed E-state index contributed by atoms with van der Waals surface area (Å²) >= 11 is 0. The molecule has 2 amide bonds. The molecular weight excluding hydrogens is 432 g/mol. The van der Waals surface area contributed by atoms with Crippen LogP contribution in [0.25, 0.3) is 0 Å². The third-order valence-electron chi connectivity index (χ3n) is 7.48. The molecule has 1 spiro atoms. The predicted octanol–water partition coefficient (Wildman–Crippen LogP) is 3.89. The molecule has 8 nitrogen and oxygen atoms in total. The number of anilines is 2. The molecule has 3 aliphatic rings. The Bertz CT molecular complexity index is 951. The molecule has 2 aliphatic heterocycles. The van der Waals surface area contributed by atoms with Crippen molar-refractivity contribution in [1.29, 1.82) is 5.26 Å². The van der Waals surface area contributed by atoms with Crippen LogP contribution in [0.3, 0.4) is 0 Å². The number of hydrogen-bond donors (Lipinski definition) is 2. The van der Waals surface area contributed by atoms with Crippen LogP contribution < -0.4 is 10.2 Å². The summed E-state index contributed by atoms with van der Waals surface area (Å²) < 4.78 is 5.17. The maximum Gasteiger partial charge on any atom is 0.411 e. The van der Waals surface area contributed by atoms with Gasteiger partial charge < -0.3 is 19.6 Å². The number of ether oxygens (including phenoxy) is 1. The first-order chi connectivity index (χ1) is 16.3. The largest absolute Gasteiger partial charge is 0.449 e. The molecule has 0 radical (unpaired) electrons. The number of benzene rings is 1. The number of nitrogens with one attached hydrogen (secondary N) is 1. The molecule has 1 aromatic rings. The zero-order chi connectivity index (χ0) is 24.3. The van der Waals surface area contributed by atoms with E-state index >= 15 is 0 Å². The number of amides is 2. The van der Waals surface area contributed by atoms with Crippen LogP contribution >= 0.6 is 0 Å². The Balaban J connectivity index is 1.45. The minimum atomic E-state index is -0.533. The van der Waals surface area contributed by atoms with Gasteiger partial charge >= 0.3 is 6.09 Å². The number of aliphatic hydroxyl groups excluding tert-OH is 1. The molecule has 1 aliphatic carbocycles. The van der Waals surface area contributed by atoms with E-state index in [2.05, 4.69) is 21.2 Å². The molecule has 1 aromatic carbocycles. The number of hydrogen-bond acceptors (Lipinski definition) is 6. The Morgan fingerprint density at radius 1 is 1.26 bits per heavy atom. The minimum absolute atomic E-state index is 0.230. The molecule has 8 heteroatoms. The highest BCUT2D eigenvalue weighted by Crippen LogP contribution is 2.44.